The van der Waals surface area contributed by atoms with E-state index in [1.807, 2.05) is 48.6 Å². The Kier molecular flexibility index (Phi) is 17.5. The van der Waals surface area contributed by atoms with Gasteiger partial charge in [0, 0.05) is 84.5 Å². The van der Waals surface area contributed by atoms with E-state index in [0.29, 0.717) is 170 Å². The summed E-state index contributed by atoms with van der Waals surface area (Å²) in [4.78, 5) is 62.1. The highest BCUT2D eigenvalue weighted by molar-refractivity contribution is 7.89. The van der Waals surface area contributed by atoms with Gasteiger partial charge < -0.3 is 36.1 Å². The van der Waals surface area contributed by atoms with Crippen molar-refractivity contribution in [3.8, 4) is 0 Å². The summed E-state index contributed by atoms with van der Waals surface area (Å²) in [6.07, 6.45) is 7.41. The monoisotopic (exact) mass is 999 g/mol. The number of fused-ring (bicyclic) bond motifs is 2. The van der Waals surface area contributed by atoms with Gasteiger partial charge in [-0.2, -0.15) is 8.61 Å². The van der Waals surface area contributed by atoms with Gasteiger partial charge in [0.05, 0.1) is 32.1 Å². The molecule has 4 heterocycles. The van der Waals surface area contributed by atoms with Crippen molar-refractivity contribution in [1.29, 1.82) is 0 Å². The Morgan fingerprint density at radius 1 is 0.571 bits per heavy atom. The van der Waals surface area contributed by atoms with Crippen LogP contribution in [-0.4, -0.2) is 123 Å². The normalized spacial score (nSPS) is 14.8. The van der Waals surface area contributed by atoms with Crippen LogP contribution in [0.4, 0.5) is 11.4 Å². The zero-order chi connectivity index (χ0) is 51.1. The van der Waals surface area contributed by atoms with E-state index in [1.54, 1.807) is 50.3 Å². The molecule has 6 rings (SSSR count). The van der Waals surface area contributed by atoms with Gasteiger partial charge in [-0.3, -0.25) is 19.2 Å². The summed E-state index contributed by atoms with van der Waals surface area (Å²) >= 11 is 0. The van der Waals surface area contributed by atoms with Crippen molar-refractivity contribution in [2.75, 3.05) is 70.0 Å². The molecule has 2 aromatic carbocycles. The van der Waals surface area contributed by atoms with Gasteiger partial charge in [-0.1, -0.05) is 27.7 Å². The fourth-order valence-electron chi connectivity index (χ4n) is 9.14. The molecule has 0 atom stereocenters. The number of rotatable bonds is 24. The number of carbonyl (C=O) groups is 4. The Balaban J connectivity index is 0.999. The SMILES string of the molecule is CCCN(CCC)S(=O)(=O)c1ccc2c(c1)/C(=C/c1[nH]c(C)c(C(=O)NCCCN(C)CCCNC(=O)c3c(C)[nH]c(/C=C4\C(=O)Nc5ccc(S(=O)(=O)N(CCC)CCC)cc54)c3C)c1C)C(=O)N2. The minimum atomic E-state index is -3.77. The number of H-pyrrole nitrogens is 2. The van der Waals surface area contributed by atoms with Gasteiger partial charge in [0.15, 0.2) is 0 Å². The largest absolute Gasteiger partial charge is 0.358 e. The first kappa shape index (κ1) is 53.5. The molecule has 0 aliphatic carbocycles. The molecule has 0 unspecified atom stereocenters. The lowest BCUT2D eigenvalue weighted by atomic mass is 10.0. The Hall–Kier alpha value is -5.86. The number of hydrogen-bond acceptors (Lipinski definition) is 9. The molecule has 70 heavy (non-hydrogen) atoms. The molecule has 2 aliphatic heterocycles. The van der Waals surface area contributed by atoms with Crippen LogP contribution in [0.5, 0.6) is 0 Å². The van der Waals surface area contributed by atoms with E-state index in [4.69, 9.17) is 0 Å². The molecular formula is C51H69N9O8S2. The van der Waals surface area contributed by atoms with E-state index in [9.17, 15) is 36.0 Å². The molecule has 0 radical (unpaired) electrons. The summed E-state index contributed by atoms with van der Waals surface area (Å²) in [5.41, 5.74) is 7.34. The Morgan fingerprint density at radius 2 is 0.929 bits per heavy atom. The van der Waals surface area contributed by atoms with Crippen LogP contribution in [0.25, 0.3) is 23.3 Å². The highest BCUT2D eigenvalue weighted by Crippen LogP contribution is 2.38. The summed E-state index contributed by atoms with van der Waals surface area (Å²) in [6.45, 7) is 18.8. The average Bonchev–Trinajstić information content (AvgIpc) is 4.00. The molecule has 2 aliphatic rings. The lowest BCUT2D eigenvalue weighted by Crippen LogP contribution is -2.32. The fraction of sp³-hybridized carbons (Fsp3) is 0.451. The average molecular weight is 1000 g/mol. The van der Waals surface area contributed by atoms with Gasteiger partial charge in [-0.05, 0) is 146 Å². The minimum Gasteiger partial charge on any atom is -0.358 e. The second-order valence-corrected chi connectivity index (χ2v) is 22.0. The summed E-state index contributed by atoms with van der Waals surface area (Å²) in [6, 6.07) is 9.37. The van der Waals surface area contributed by atoms with E-state index < -0.39 is 20.0 Å². The molecule has 0 saturated heterocycles. The second-order valence-electron chi connectivity index (χ2n) is 18.1. The number of aromatic nitrogens is 2. The van der Waals surface area contributed by atoms with Crippen molar-refractivity contribution < 1.29 is 36.0 Å². The summed E-state index contributed by atoms with van der Waals surface area (Å²) in [5, 5.41) is 11.7. The second kappa shape index (κ2) is 22.9. The van der Waals surface area contributed by atoms with Gasteiger partial charge >= 0.3 is 0 Å². The first-order valence-corrected chi connectivity index (χ1v) is 27.1. The van der Waals surface area contributed by atoms with Crippen LogP contribution < -0.4 is 21.3 Å². The van der Waals surface area contributed by atoms with Crippen LogP contribution in [-0.2, 0) is 29.6 Å². The molecule has 0 bridgehead atoms. The smallest absolute Gasteiger partial charge is 0.256 e. The Labute approximate surface area is 413 Å². The van der Waals surface area contributed by atoms with E-state index in [1.165, 1.54) is 20.7 Å². The molecular weight excluding hydrogens is 931 g/mol. The van der Waals surface area contributed by atoms with Crippen molar-refractivity contribution in [2.45, 2.75) is 104 Å². The van der Waals surface area contributed by atoms with Crippen molar-refractivity contribution >= 4 is 78.3 Å². The third-order valence-corrected chi connectivity index (χ3v) is 16.5. The quantitative estimate of drug-likeness (QED) is 0.0312. The lowest BCUT2D eigenvalue weighted by molar-refractivity contribution is -0.111. The zero-order valence-corrected chi connectivity index (χ0v) is 43.6. The van der Waals surface area contributed by atoms with Crippen molar-refractivity contribution in [2.24, 2.45) is 0 Å². The molecule has 4 aromatic rings. The highest BCUT2D eigenvalue weighted by atomic mass is 32.2. The van der Waals surface area contributed by atoms with Gasteiger partial charge in [0.2, 0.25) is 20.0 Å². The van der Waals surface area contributed by atoms with Crippen molar-refractivity contribution in [1.82, 2.24) is 34.1 Å². The van der Waals surface area contributed by atoms with E-state index in [0.717, 1.165) is 0 Å². The molecule has 6 N–H and O–H groups in total. The number of nitrogens with zero attached hydrogens (tertiary/aromatic N) is 3. The van der Waals surface area contributed by atoms with Crippen LogP contribution in [0.1, 0.15) is 132 Å². The topological polar surface area (TPSA) is 226 Å². The maximum absolute atomic E-state index is 13.6. The predicted octanol–water partition coefficient (Wildman–Crippen LogP) is 7.06. The summed E-state index contributed by atoms with van der Waals surface area (Å²) < 4.78 is 57.2. The molecule has 2 aromatic heterocycles. The maximum Gasteiger partial charge on any atom is 0.256 e. The number of benzene rings is 2. The fourth-order valence-corrected chi connectivity index (χ4v) is 12.4. The van der Waals surface area contributed by atoms with Gasteiger partial charge in [-0.25, -0.2) is 16.8 Å². The molecule has 0 fully saturated rings. The molecule has 17 nitrogen and oxygen atoms in total. The number of sulfonamides is 2. The van der Waals surface area contributed by atoms with Gasteiger partial charge in [0.25, 0.3) is 23.6 Å². The number of aromatic amines is 2. The summed E-state index contributed by atoms with van der Waals surface area (Å²) in [5.74, 6) is -1.21. The molecule has 0 saturated carbocycles. The Morgan fingerprint density at radius 3 is 1.27 bits per heavy atom. The van der Waals surface area contributed by atoms with Crippen LogP contribution in [0.15, 0.2) is 46.2 Å². The third-order valence-electron chi connectivity index (χ3n) is 12.7. The van der Waals surface area contributed by atoms with E-state index in [2.05, 4.69) is 36.1 Å². The first-order valence-electron chi connectivity index (χ1n) is 24.3. The molecule has 4 amide bonds. The van der Waals surface area contributed by atoms with Crippen molar-refractivity contribution in [3.63, 3.8) is 0 Å². The minimum absolute atomic E-state index is 0.121. The van der Waals surface area contributed by atoms with Crippen LogP contribution in [0.3, 0.4) is 0 Å². The number of hydrogen-bond donors (Lipinski definition) is 6. The maximum atomic E-state index is 13.6. The standard InChI is InChI=1S/C51H69N9O8S2/c1-10-22-59(23-11-2)69(65,66)36-16-18-42-38(28-36)40(48(61)56-42)30-44-32(5)46(34(7)54-44)50(63)52-20-14-26-58(9)27-15-21-53-51(64)47-33(6)45(55-35(47)8)31-41-39-29-37(17-19-43(39)57-49(41)62)70(67,68)60(24-12-3)25-13-4/h16-19,28-31,54-55H,10-15,20-27H2,1-9H3,(H,52,63)(H,53,64)(H,56,61)(H,57,62)/b40-30-,41-31-. The van der Waals surface area contributed by atoms with E-state index >= 15 is 0 Å². The Bertz CT molecular complexity index is 2730. The lowest BCUT2D eigenvalue weighted by Gasteiger charge is -2.21. The summed E-state index contributed by atoms with van der Waals surface area (Å²) in [7, 11) is -5.56. The highest BCUT2D eigenvalue weighted by Gasteiger charge is 2.32. The van der Waals surface area contributed by atoms with Crippen LogP contribution in [0, 0.1) is 27.7 Å². The zero-order valence-electron chi connectivity index (χ0n) is 41.9. The molecule has 378 valence electrons. The molecule has 0 spiro atoms. The van der Waals surface area contributed by atoms with Crippen LogP contribution in [0.2, 0.25) is 0 Å². The van der Waals surface area contributed by atoms with Crippen LogP contribution >= 0.6 is 0 Å². The molecule has 19 heteroatoms. The van der Waals surface area contributed by atoms with E-state index in [-0.39, 0.29) is 33.4 Å². The number of aryl methyl sites for hydroxylation is 2. The third kappa shape index (κ3) is 11.5. The van der Waals surface area contributed by atoms with Crippen molar-refractivity contribution in [3.05, 3.63) is 92.6 Å². The number of nitrogens with one attached hydrogen (secondary N) is 6. The number of amides is 4. The van der Waals surface area contributed by atoms with Gasteiger partial charge in [-0.15, -0.1) is 0 Å². The predicted molar refractivity (Wildman–Crippen MR) is 276 cm³/mol. The number of anilines is 2. The first-order chi connectivity index (χ1) is 33.3. The van der Waals surface area contributed by atoms with Gasteiger partial charge in [0.1, 0.15) is 0 Å². The number of carbonyl (C=O) groups excluding carboxylic acids is 4.